The Morgan fingerprint density at radius 2 is 2.00 bits per heavy atom. The van der Waals surface area contributed by atoms with Crippen LogP contribution in [-0.4, -0.2) is 18.8 Å². The molecule has 0 spiro atoms. The van der Waals surface area contributed by atoms with Crippen molar-refractivity contribution in [2.24, 2.45) is 5.73 Å². The number of carbonyl (C=O) groups is 1. The minimum absolute atomic E-state index is 1.17. The number of rotatable bonds is 1. The molecule has 9 heavy (non-hydrogen) atoms. The summed E-state index contributed by atoms with van der Waals surface area (Å²) in [5.74, 6) is 0. The number of hydrogen-bond acceptors (Lipinski definition) is 1. The fourth-order valence-corrected chi connectivity index (χ4v) is 0.187. The van der Waals surface area contributed by atoms with Gasteiger partial charge in [-0.05, 0) is 0 Å². The molecule has 0 aromatic carbocycles. The van der Waals surface area contributed by atoms with E-state index in [-0.39, 0.29) is 0 Å². The summed E-state index contributed by atoms with van der Waals surface area (Å²) >= 11 is 0. The van der Waals surface area contributed by atoms with Crippen LogP contribution in [0.25, 0.3) is 0 Å². The molecular weight excluding hydrogens is 137 g/mol. The first-order chi connectivity index (χ1) is 3.92. The fraction of sp³-hybridized carbons (Fsp3) is 0.667. The first-order valence-corrected chi connectivity index (χ1v) is 2.02. The van der Waals surface area contributed by atoms with E-state index in [1.54, 1.807) is 0 Å². The van der Waals surface area contributed by atoms with Crippen molar-refractivity contribution in [2.75, 3.05) is 6.54 Å². The van der Waals surface area contributed by atoms with Crippen LogP contribution < -0.4 is 11.1 Å². The number of carbonyl (C=O) groups excluding carboxylic acids is 1. The van der Waals surface area contributed by atoms with Gasteiger partial charge in [0.15, 0.2) is 0 Å². The second-order valence-corrected chi connectivity index (χ2v) is 1.33. The van der Waals surface area contributed by atoms with Crippen molar-refractivity contribution in [3.8, 4) is 0 Å². The predicted molar refractivity (Wildman–Crippen MR) is 23.6 cm³/mol. The van der Waals surface area contributed by atoms with Gasteiger partial charge >= 0.3 is 12.2 Å². The van der Waals surface area contributed by atoms with E-state index in [1.807, 2.05) is 0 Å². The minimum atomic E-state index is -4.38. The number of hydrogen-bond donors (Lipinski definition) is 2. The monoisotopic (exact) mass is 142 g/mol. The normalized spacial score (nSPS) is 11.0. The maximum Gasteiger partial charge on any atom is 0.405 e. The summed E-state index contributed by atoms with van der Waals surface area (Å²) in [6.45, 7) is -1.37. The van der Waals surface area contributed by atoms with Gasteiger partial charge in [-0.1, -0.05) is 0 Å². The molecule has 0 atom stereocenters. The molecule has 0 rings (SSSR count). The average Bonchev–Trinajstić information content (AvgIpc) is 1.59. The Kier molecular flexibility index (Phi) is 2.29. The van der Waals surface area contributed by atoms with Gasteiger partial charge in [0.1, 0.15) is 6.54 Å². The number of alkyl halides is 3. The molecule has 3 nitrogen and oxygen atoms in total. The first kappa shape index (κ1) is 8.06. The number of nitrogens with one attached hydrogen (secondary N) is 1. The average molecular weight is 142 g/mol. The summed E-state index contributed by atoms with van der Waals surface area (Å²) in [5.41, 5.74) is 4.35. The second kappa shape index (κ2) is 2.56. The summed E-state index contributed by atoms with van der Waals surface area (Å²) < 4.78 is 33.4. The van der Waals surface area contributed by atoms with Gasteiger partial charge in [-0.3, -0.25) is 0 Å². The Morgan fingerprint density at radius 3 is 2.11 bits per heavy atom. The van der Waals surface area contributed by atoms with Gasteiger partial charge in [0.2, 0.25) is 0 Å². The van der Waals surface area contributed by atoms with E-state index in [0.717, 1.165) is 0 Å². The van der Waals surface area contributed by atoms with Crippen LogP contribution in [0.4, 0.5) is 18.0 Å². The Labute approximate surface area is 49.0 Å². The topological polar surface area (TPSA) is 55.1 Å². The second-order valence-electron chi connectivity index (χ2n) is 1.33. The molecule has 0 bridgehead atoms. The molecule has 0 saturated heterocycles. The van der Waals surface area contributed by atoms with Gasteiger partial charge in [0.05, 0.1) is 0 Å². The maximum absolute atomic E-state index is 11.1. The van der Waals surface area contributed by atoms with Gasteiger partial charge in [-0.25, -0.2) is 4.79 Å². The van der Waals surface area contributed by atoms with Crippen molar-refractivity contribution in [1.82, 2.24) is 5.32 Å². The molecular formula is C3H5F3N2O. The van der Waals surface area contributed by atoms with E-state index in [9.17, 15) is 18.0 Å². The van der Waals surface area contributed by atoms with E-state index >= 15 is 0 Å². The third kappa shape index (κ3) is 7.06. The summed E-state index contributed by atoms with van der Waals surface area (Å²) in [6, 6.07) is -1.17. The molecule has 0 aliphatic carbocycles. The van der Waals surface area contributed by atoms with Gasteiger partial charge in [-0.15, -0.1) is 0 Å². The maximum atomic E-state index is 11.1. The fourth-order valence-electron chi connectivity index (χ4n) is 0.187. The number of nitrogens with two attached hydrogens (primary N) is 1. The summed E-state index contributed by atoms with van der Waals surface area (Å²) in [4.78, 5) is 9.66. The molecule has 0 fully saturated rings. The van der Waals surface area contributed by atoms with Crippen LogP contribution in [-0.2, 0) is 0 Å². The molecule has 2 amide bonds. The van der Waals surface area contributed by atoms with Crippen molar-refractivity contribution in [3.05, 3.63) is 0 Å². The van der Waals surface area contributed by atoms with E-state index < -0.39 is 18.8 Å². The molecule has 0 aliphatic heterocycles. The van der Waals surface area contributed by atoms with E-state index in [2.05, 4.69) is 5.73 Å². The molecule has 0 aromatic heterocycles. The van der Waals surface area contributed by atoms with E-state index in [4.69, 9.17) is 0 Å². The van der Waals surface area contributed by atoms with Crippen LogP contribution in [0.2, 0.25) is 0 Å². The molecule has 3 N–H and O–H groups in total. The molecule has 0 saturated carbocycles. The Hall–Kier alpha value is -0.940. The number of halogens is 3. The number of amides is 2. The summed E-state index contributed by atoms with van der Waals surface area (Å²) in [6.07, 6.45) is -4.38. The Morgan fingerprint density at radius 1 is 1.56 bits per heavy atom. The highest BCUT2D eigenvalue weighted by Gasteiger charge is 2.26. The largest absolute Gasteiger partial charge is 0.405 e. The zero-order valence-corrected chi connectivity index (χ0v) is 4.33. The Balaban J connectivity index is 3.39. The molecule has 0 aliphatic rings. The molecule has 0 heterocycles. The Bertz CT molecular complexity index is 110. The third-order valence-corrected chi connectivity index (χ3v) is 0.463. The highest BCUT2D eigenvalue weighted by molar-refractivity contribution is 5.71. The molecule has 0 radical (unpaired) electrons. The van der Waals surface area contributed by atoms with Crippen molar-refractivity contribution in [3.63, 3.8) is 0 Å². The number of primary amides is 1. The van der Waals surface area contributed by atoms with Crippen LogP contribution in [0, 0.1) is 0 Å². The van der Waals surface area contributed by atoms with Gasteiger partial charge < -0.3 is 11.1 Å². The zero-order valence-electron chi connectivity index (χ0n) is 4.33. The van der Waals surface area contributed by atoms with Gasteiger partial charge in [-0.2, -0.15) is 13.2 Å². The van der Waals surface area contributed by atoms with Crippen molar-refractivity contribution >= 4 is 6.03 Å². The van der Waals surface area contributed by atoms with Crippen LogP contribution in [0.5, 0.6) is 0 Å². The van der Waals surface area contributed by atoms with Crippen LogP contribution >= 0.6 is 0 Å². The molecule has 0 aromatic rings. The third-order valence-electron chi connectivity index (χ3n) is 0.463. The zero-order chi connectivity index (χ0) is 7.49. The van der Waals surface area contributed by atoms with Gasteiger partial charge in [0, 0.05) is 0 Å². The van der Waals surface area contributed by atoms with Crippen LogP contribution in [0.1, 0.15) is 0 Å². The van der Waals surface area contributed by atoms with Crippen molar-refractivity contribution in [2.45, 2.75) is 6.18 Å². The highest BCUT2D eigenvalue weighted by atomic mass is 19.4. The van der Waals surface area contributed by atoms with Crippen LogP contribution in [0.15, 0.2) is 0 Å². The van der Waals surface area contributed by atoms with E-state index in [1.165, 1.54) is 5.32 Å². The first-order valence-electron chi connectivity index (χ1n) is 2.02. The van der Waals surface area contributed by atoms with Gasteiger partial charge in [0.25, 0.3) is 0 Å². The predicted octanol–water partition coefficient (Wildman–Crippen LogP) is 0.217. The smallest absolute Gasteiger partial charge is 0.352 e. The summed E-state index contributed by atoms with van der Waals surface area (Å²) in [7, 11) is 0. The highest BCUT2D eigenvalue weighted by Crippen LogP contribution is 2.11. The van der Waals surface area contributed by atoms with Crippen molar-refractivity contribution in [1.29, 1.82) is 0 Å². The SMILES string of the molecule is NC(=O)NCC(F)(F)F. The lowest BCUT2D eigenvalue weighted by molar-refractivity contribution is -0.122. The lowest BCUT2D eigenvalue weighted by atomic mass is 10.6. The lowest BCUT2D eigenvalue weighted by Crippen LogP contribution is -2.37. The molecule has 0 unspecified atom stereocenters. The summed E-state index contributed by atoms with van der Waals surface area (Å²) in [5, 5.41) is 1.40. The molecule has 54 valence electrons. The standard InChI is InChI=1S/C3H5F3N2O/c4-3(5,6)1-8-2(7)9/h1H2,(H3,7,8,9). The molecule has 6 heteroatoms. The van der Waals surface area contributed by atoms with Crippen LogP contribution in [0.3, 0.4) is 0 Å². The van der Waals surface area contributed by atoms with Crippen molar-refractivity contribution < 1.29 is 18.0 Å². The quantitative estimate of drug-likeness (QED) is 0.540. The van der Waals surface area contributed by atoms with E-state index in [0.29, 0.717) is 0 Å². The number of urea groups is 1. The lowest BCUT2D eigenvalue weighted by Gasteiger charge is -2.04. The minimum Gasteiger partial charge on any atom is -0.352 e.